The lowest BCUT2D eigenvalue weighted by molar-refractivity contribution is -0.0901. The van der Waals surface area contributed by atoms with Gasteiger partial charge in [-0.25, -0.2) is 27.2 Å². The van der Waals surface area contributed by atoms with E-state index in [-0.39, 0.29) is 54.8 Å². The Morgan fingerprint density at radius 3 is 1.57 bits per heavy atom. The number of benzene rings is 4. The summed E-state index contributed by atoms with van der Waals surface area (Å²) in [7, 11) is 0. The van der Waals surface area contributed by atoms with Gasteiger partial charge < -0.3 is 59.9 Å². The zero-order valence-corrected chi connectivity index (χ0v) is 43.2. The van der Waals surface area contributed by atoms with Crippen molar-refractivity contribution in [2.24, 2.45) is 5.73 Å². The highest BCUT2D eigenvalue weighted by Crippen LogP contribution is 2.46. The number of hydrogen-bond donors (Lipinski definition) is 5. The van der Waals surface area contributed by atoms with Crippen molar-refractivity contribution in [2.75, 3.05) is 52.8 Å². The third kappa shape index (κ3) is 17.7. The summed E-state index contributed by atoms with van der Waals surface area (Å²) < 4.78 is 92.2. The number of nitrogens with two attached hydrogens (primary N) is 1. The van der Waals surface area contributed by atoms with E-state index >= 15 is 0 Å². The highest BCUT2D eigenvalue weighted by atomic mass is 19.1. The van der Waals surface area contributed by atoms with Crippen LogP contribution in [0.25, 0.3) is 0 Å². The van der Waals surface area contributed by atoms with Gasteiger partial charge in [0.1, 0.15) is 52.8 Å². The predicted molar refractivity (Wildman–Crippen MR) is 268 cm³/mol. The van der Waals surface area contributed by atoms with Gasteiger partial charge >= 0.3 is 12.2 Å². The van der Waals surface area contributed by atoms with Crippen LogP contribution in [0.15, 0.2) is 84.9 Å². The normalized spacial score (nSPS) is 21.7. The van der Waals surface area contributed by atoms with Crippen molar-refractivity contribution in [3.63, 3.8) is 0 Å². The summed E-state index contributed by atoms with van der Waals surface area (Å²) in [4.78, 5) is 24.3. The molecule has 3 saturated heterocycles. The third-order valence-corrected chi connectivity index (χ3v) is 12.9. The zero-order chi connectivity index (χ0) is 53.3. The van der Waals surface area contributed by atoms with Crippen molar-refractivity contribution in [1.29, 1.82) is 0 Å². The Kier molecular flexibility index (Phi) is 18.8. The number of ether oxygens (including phenoxy) is 7. The Hall–Kier alpha value is -5.18. The SMILES string of the molecule is CC(C)(C)OC(=O)NC(Cc1cc(F)cc(F)c1)C(O)CNC1(c2cccc(C3COCCO3)c2)CC1.CC(C)(C)OC(=O)NC(Cc1cc(F)cc(F)c1)C1CO1.NC1(c2cccc(C3COCCO3)c2)CC1. The molecule has 0 aromatic heterocycles. The van der Waals surface area contributed by atoms with Crippen LogP contribution in [-0.2, 0) is 57.1 Å². The van der Waals surface area contributed by atoms with Crippen molar-refractivity contribution < 1.29 is 65.4 Å². The van der Waals surface area contributed by atoms with Gasteiger partial charge in [0.25, 0.3) is 0 Å². The first-order valence-corrected chi connectivity index (χ1v) is 25.4. The second-order valence-electron chi connectivity index (χ2n) is 21.6. The van der Waals surface area contributed by atoms with Gasteiger partial charge in [0.05, 0.1) is 64.4 Å². The van der Waals surface area contributed by atoms with Crippen molar-refractivity contribution in [3.8, 4) is 0 Å². The summed E-state index contributed by atoms with van der Waals surface area (Å²) in [6.45, 7) is 14.9. The molecule has 0 bridgehead atoms. The number of rotatable bonds is 15. The molecule has 9 rings (SSSR count). The van der Waals surface area contributed by atoms with Crippen molar-refractivity contribution in [1.82, 2.24) is 16.0 Å². The summed E-state index contributed by atoms with van der Waals surface area (Å²) in [6, 6.07) is 21.9. The first kappa shape index (κ1) is 56.5. The number of alkyl carbamates (subject to hydrolysis) is 2. The number of carbonyl (C=O) groups excluding carboxylic acids is 2. The Morgan fingerprint density at radius 2 is 1.12 bits per heavy atom. The van der Waals surface area contributed by atoms with E-state index in [0.717, 1.165) is 48.9 Å². The van der Waals surface area contributed by atoms with Crippen LogP contribution in [0.5, 0.6) is 0 Å². The summed E-state index contributed by atoms with van der Waals surface area (Å²) in [5, 5.41) is 19.9. The van der Waals surface area contributed by atoms with Crippen LogP contribution in [-0.4, -0.2) is 106 Å². The monoisotopic (exact) mass is 1040 g/mol. The lowest BCUT2D eigenvalue weighted by Crippen LogP contribution is -2.51. The molecule has 3 heterocycles. The van der Waals surface area contributed by atoms with Crippen LogP contribution in [0.1, 0.15) is 113 Å². The molecule has 74 heavy (non-hydrogen) atoms. The summed E-state index contributed by atoms with van der Waals surface area (Å²) in [6.07, 6.45) is 1.78. The van der Waals surface area contributed by atoms with Gasteiger partial charge in [-0.05, 0) is 138 Å². The highest BCUT2D eigenvalue weighted by molar-refractivity contribution is 5.68. The lowest BCUT2D eigenvalue weighted by Gasteiger charge is -2.29. The Bertz CT molecular complexity index is 2460. The Labute approximate surface area is 431 Å². The fraction of sp³-hybridized carbons (Fsp3) is 0.536. The molecule has 0 radical (unpaired) electrons. The molecule has 4 aromatic carbocycles. The van der Waals surface area contributed by atoms with Gasteiger partial charge in [0.2, 0.25) is 0 Å². The maximum atomic E-state index is 13.8. The van der Waals surface area contributed by atoms with E-state index in [1.54, 1.807) is 41.5 Å². The van der Waals surface area contributed by atoms with E-state index in [2.05, 4.69) is 46.3 Å². The minimum Gasteiger partial charge on any atom is -0.444 e. The summed E-state index contributed by atoms with van der Waals surface area (Å²) >= 11 is 0. The third-order valence-electron chi connectivity index (χ3n) is 12.9. The van der Waals surface area contributed by atoms with Gasteiger partial charge in [-0.3, -0.25) is 0 Å². The largest absolute Gasteiger partial charge is 0.444 e. The number of halogens is 4. The lowest BCUT2D eigenvalue weighted by atomic mass is 9.97. The van der Waals surface area contributed by atoms with Gasteiger partial charge in [-0.2, -0.15) is 0 Å². The number of aliphatic hydroxyl groups excluding tert-OH is 1. The first-order valence-electron chi connectivity index (χ1n) is 25.4. The average Bonchev–Trinajstić information content (AvgIpc) is 4.22. The number of aliphatic hydroxyl groups is 1. The molecule has 14 nitrogen and oxygen atoms in total. The molecule has 404 valence electrons. The van der Waals surface area contributed by atoms with E-state index in [4.69, 9.17) is 38.9 Å². The molecule has 18 heteroatoms. The number of hydrogen-bond acceptors (Lipinski definition) is 12. The van der Waals surface area contributed by atoms with Crippen molar-refractivity contribution in [2.45, 2.75) is 139 Å². The van der Waals surface area contributed by atoms with Crippen LogP contribution in [0.3, 0.4) is 0 Å². The standard InChI is InChI=1S/C28H36F2N2O5.C15H19F2NO3.C13H17NO2/c1-27(2,3)37-26(34)32-23(13-18-11-21(29)15-22(30)12-18)24(33)16-31-28(7-8-28)20-6-4-5-19(14-20)25-17-35-9-10-36-25;1-15(2,3)21-14(19)18-12(13-8-20-13)6-9-4-10(16)7-11(17)5-9;14-13(4-5-13)11-3-1-2-10(8-11)12-9-15-6-7-16-12/h4-6,11-12,14-15,23-25,31,33H,7-10,13,16-17H2,1-3H3,(H,32,34);4-5,7,12-13H,6,8H2,1-3H3,(H,18,19);1-3,8,12H,4-7,9,14H2. The minimum absolute atomic E-state index is 0.0261. The highest BCUT2D eigenvalue weighted by Gasteiger charge is 2.45. The second-order valence-corrected chi connectivity index (χ2v) is 21.6. The molecule has 4 aromatic rings. The molecular weight excluding hydrogens is 965 g/mol. The van der Waals surface area contributed by atoms with E-state index in [1.165, 1.54) is 35.4 Å². The molecule has 5 fully saturated rings. The Morgan fingerprint density at radius 1 is 0.649 bits per heavy atom. The molecule has 2 aliphatic carbocycles. The fourth-order valence-electron chi connectivity index (χ4n) is 8.73. The molecule has 3 aliphatic heterocycles. The van der Waals surface area contributed by atoms with Crippen LogP contribution in [0.2, 0.25) is 0 Å². The van der Waals surface area contributed by atoms with E-state index in [1.807, 2.05) is 18.2 Å². The molecular formula is C56H72F4N4O10. The average molecular weight is 1040 g/mol. The smallest absolute Gasteiger partial charge is 0.407 e. The Balaban J connectivity index is 0.000000181. The molecule has 6 N–H and O–H groups in total. The number of epoxide rings is 1. The maximum absolute atomic E-state index is 13.8. The molecule has 2 amide bonds. The topological polar surface area (TPSA) is 184 Å². The first-order chi connectivity index (χ1) is 35.0. The van der Waals surface area contributed by atoms with E-state index < -0.39 is 58.8 Å². The van der Waals surface area contributed by atoms with Gasteiger partial charge in [0.15, 0.2) is 0 Å². The molecule has 6 unspecified atom stereocenters. The van der Waals surface area contributed by atoms with Gasteiger partial charge in [-0.1, -0.05) is 48.5 Å². The zero-order valence-electron chi connectivity index (χ0n) is 43.2. The molecule has 0 spiro atoms. The van der Waals surface area contributed by atoms with Crippen LogP contribution < -0.4 is 21.7 Å². The second kappa shape index (κ2) is 24.7. The number of carbonyl (C=O) groups is 2. The summed E-state index contributed by atoms with van der Waals surface area (Å²) in [5.41, 5.74) is 9.83. The molecule has 2 saturated carbocycles. The quantitative estimate of drug-likeness (QED) is 0.0565. The van der Waals surface area contributed by atoms with E-state index in [0.29, 0.717) is 57.4 Å². The fourth-order valence-corrected chi connectivity index (χ4v) is 8.73. The summed E-state index contributed by atoms with van der Waals surface area (Å²) in [5.74, 6) is -2.72. The van der Waals surface area contributed by atoms with Crippen LogP contribution >= 0.6 is 0 Å². The maximum Gasteiger partial charge on any atom is 0.407 e. The van der Waals surface area contributed by atoms with E-state index in [9.17, 15) is 32.3 Å². The van der Waals surface area contributed by atoms with Gasteiger partial charge in [0, 0.05) is 29.8 Å². The predicted octanol–water partition coefficient (Wildman–Crippen LogP) is 8.65. The van der Waals surface area contributed by atoms with Crippen molar-refractivity contribution in [3.05, 3.63) is 142 Å². The molecule has 5 aliphatic rings. The minimum atomic E-state index is -1.05. The van der Waals surface area contributed by atoms with Crippen LogP contribution in [0, 0.1) is 23.3 Å². The van der Waals surface area contributed by atoms with Crippen molar-refractivity contribution >= 4 is 12.2 Å². The van der Waals surface area contributed by atoms with Gasteiger partial charge in [-0.15, -0.1) is 0 Å². The number of amides is 2. The number of nitrogens with one attached hydrogen (secondary N) is 3. The van der Waals surface area contributed by atoms with Crippen LogP contribution in [0.4, 0.5) is 27.2 Å². The molecule has 6 atom stereocenters.